The van der Waals surface area contributed by atoms with Gasteiger partial charge in [-0.1, -0.05) is 56.2 Å². The Morgan fingerprint density at radius 3 is 2.30 bits per heavy atom. The predicted octanol–water partition coefficient (Wildman–Crippen LogP) is 3.67. The number of halogens is 1. The number of nitrogens with one attached hydrogen (secondary N) is 1. The Bertz CT molecular complexity index is 1790. The summed E-state index contributed by atoms with van der Waals surface area (Å²) in [4.78, 5) is 25.2. The van der Waals surface area contributed by atoms with E-state index in [0.29, 0.717) is 11.3 Å². The van der Waals surface area contributed by atoms with Crippen molar-refractivity contribution in [3.63, 3.8) is 0 Å². The van der Waals surface area contributed by atoms with Crippen LogP contribution in [0.15, 0.2) is 78.7 Å². The predicted molar refractivity (Wildman–Crippen MR) is 160 cm³/mol. The monoisotopic (exact) mass is 617 g/mol. The first-order valence-electron chi connectivity index (χ1n) is 15.9. The summed E-state index contributed by atoms with van der Waals surface area (Å²) in [5.41, 5.74) is 0.346. The van der Waals surface area contributed by atoms with E-state index in [1.807, 2.05) is 0 Å². The van der Waals surface area contributed by atoms with Crippen molar-refractivity contribution in [2.75, 3.05) is 5.32 Å². The molecule has 0 saturated heterocycles. The number of benzene rings is 3. The number of aliphatic hydroxyl groups is 1. The summed E-state index contributed by atoms with van der Waals surface area (Å²) < 4.78 is 58.2. The van der Waals surface area contributed by atoms with Gasteiger partial charge in [0.1, 0.15) is 11.6 Å². The number of aromatic hydroxyl groups is 1. The molecule has 1 amide bonds. The summed E-state index contributed by atoms with van der Waals surface area (Å²) in [5.74, 6) is -3.62. The van der Waals surface area contributed by atoms with Crippen molar-refractivity contribution in [3.05, 3.63) is 95.8 Å². The largest absolute Gasteiger partial charge is 2.00 e. The van der Waals surface area contributed by atoms with Crippen LogP contribution in [0.1, 0.15) is 61.9 Å². The number of carboxylic acid groups (broad SMARTS) is 1. The first-order valence-corrected chi connectivity index (χ1v) is 13.4. The third kappa shape index (κ3) is 8.46. The Morgan fingerprint density at radius 1 is 1.05 bits per heavy atom. The maximum absolute atomic E-state index is 14.3. The Balaban J connectivity index is 0.00000625. The molecule has 0 aliphatic rings. The average molecular weight is 618 g/mol. The molecule has 4 rings (SSSR count). The molecule has 0 fully saturated rings. The van der Waals surface area contributed by atoms with Crippen LogP contribution in [0.4, 0.5) is 10.1 Å². The van der Waals surface area contributed by atoms with E-state index < -0.39 is 78.9 Å². The zero-order chi connectivity index (χ0) is 34.7. The molecule has 220 valence electrons. The van der Waals surface area contributed by atoms with E-state index in [1.54, 1.807) is 30.5 Å². The third-order valence-corrected chi connectivity index (χ3v) is 6.71. The van der Waals surface area contributed by atoms with Crippen LogP contribution in [-0.2, 0) is 11.3 Å². The maximum atomic E-state index is 14.3. The topological polar surface area (TPSA) is 138 Å². The van der Waals surface area contributed by atoms with Crippen molar-refractivity contribution in [2.24, 2.45) is 0 Å². The molecule has 1 aromatic heterocycles. The number of para-hydroxylation sites is 2. The second kappa shape index (κ2) is 15.5. The van der Waals surface area contributed by atoms with E-state index in [0.717, 1.165) is 12.1 Å². The van der Waals surface area contributed by atoms with Gasteiger partial charge in [0.25, 0.3) is 5.91 Å². The molecule has 0 aliphatic heterocycles. The summed E-state index contributed by atoms with van der Waals surface area (Å²) in [5, 5.41) is 47.0. The molecular weight excluding hydrogens is 579 g/mol. The van der Waals surface area contributed by atoms with Gasteiger partial charge in [0, 0.05) is 30.2 Å². The Labute approximate surface area is 286 Å². The second-order valence-corrected chi connectivity index (χ2v) is 10.1. The summed E-state index contributed by atoms with van der Waals surface area (Å²) >= 11 is 0. The fraction of sp³-hybridized carbons (Fsp3) is 0.273. The minimum absolute atomic E-state index is 0. The molecule has 8 nitrogen and oxygen atoms in total. The molecule has 3 N–H and O–H groups in total. The van der Waals surface area contributed by atoms with Crippen LogP contribution >= 0.6 is 0 Å². The van der Waals surface area contributed by atoms with Gasteiger partial charge in [0.05, 0.1) is 29.9 Å². The SMILES string of the molecule is [2H]c1c([2H])c([2H])c(-c2c(C(=O)Nc3ccccc3O)c(C(C)C)n(CC[C@@H]([O-])C[C@@H](O)CC(=O)[O-])c2-c2ccc(F)cc2)c([2H])c1[2H].[Ca+2]. The molecule has 0 aliphatic carbocycles. The molecule has 0 spiro atoms. The van der Waals surface area contributed by atoms with Gasteiger partial charge in [-0.2, -0.15) is 0 Å². The van der Waals surface area contributed by atoms with Gasteiger partial charge < -0.3 is 35.1 Å². The van der Waals surface area contributed by atoms with Crippen LogP contribution < -0.4 is 15.5 Å². The normalized spacial score (nSPS) is 14.0. The summed E-state index contributed by atoms with van der Waals surface area (Å²) in [6.45, 7) is 3.39. The number of amides is 1. The van der Waals surface area contributed by atoms with E-state index >= 15 is 0 Å². The van der Waals surface area contributed by atoms with Gasteiger partial charge >= 0.3 is 37.7 Å². The Hall–Kier alpha value is -3.21. The number of carbonyl (C=O) groups excluding carboxylic acids is 2. The van der Waals surface area contributed by atoms with E-state index in [1.165, 1.54) is 24.3 Å². The van der Waals surface area contributed by atoms with Crippen molar-refractivity contribution in [1.82, 2.24) is 4.57 Å². The maximum Gasteiger partial charge on any atom is 2.00 e. The number of anilines is 1. The van der Waals surface area contributed by atoms with Crippen molar-refractivity contribution in [1.29, 1.82) is 0 Å². The Morgan fingerprint density at radius 2 is 1.70 bits per heavy atom. The first kappa shape index (κ1) is 27.3. The third-order valence-electron chi connectivity index (χ3n) is 6.71. The molecule has 1 heterocycles. The smallest absolute Gasteiger partial charge is 0.852 e. The number of phenols is 1. The molecule has 3 aromatic carbocycles. The van der Waals surface area contributed by atoms with Crippen LogP contribution in [0.5, 0.6) is 5.75 Å². The van der Waals surface area contributed by atoms with Crippen molar-refractivity contribution in [3.8, 4) is 28.1 Å². The number of nitrogens with zero attached hydrogens (tertiary/aromatic N) is 1. The van der Waals surface area contributed by atoms with Gasteiger partial charge in [0.2, 0.25) is 0 Å². The molecule has 43 heavy (non-hydrogen) atoms. The minimum atomic E-state index is -1.51. The van der Waals surface area contributed by atoms with Gasteiger partial charge in [-0.25, -0.2) is 4.39 Å². The number of carbonyl (C=O) groups is 2. The number of aromatic nitrogens is 1. The fourth-order valence-corrected chi connectivity index (χ4v) is 4.96. The van der Waals surface area contributed by atoms with Crippen LogP contribution in [0.25, 0.3) is 22.4 Å². The van der Waals surface area contributed by atoms with E-state index in [4.69, 9.17) is 6.85 Å². The number of aliphatic carboxylic acids is 1. The number of aliphatic hydroxyl groups excluding tert-OH is 1. The van der Waals surface area contributed by atoms with Crippen LogP contribution in [0.2, 0.25) is 0 Å². The molecule has 10 heteroatoms. The zero-order valence-corrected chi connectivity index (χ0v) is 25.9. The number of hydrogen-bond donors (Lipinski definition) is 3. The van der Waals surface area contributed by atoms with Crippen LogP contribution in [0, 0.1) is 5.82 Å². The van der Waals surface area contributed by atoms with Crippen molar-refractivity contribution >= 4 is 55.3 Å². The quantitative estimate of drug-likeness (QED) is 0.164. The second-order valence-electron chi connectivity index (χ2n) is 10.1. The standard InChI is InChI=1S/C33H34FN2O6.Ca/c1-20(2)31-30(33(42)35-26-10-6-7-11-27(26)39)29(21-8-4-3-5-9-21)32(22-12-14-23(34)15-13-22)36(31)17-16-24(37)18-25(38)19-28(40)41;/h3-15,20,24-25,38-39H,16-19H2,1-2H3,(H,35,42)(H,40,41);/q-1;+2/p-1/t24-,25-;/m1./s1/i3D,4D,5D,8D,9D;. The molecule has 0 unspecified atom stereocenters. The molecular formula is C33H33CaFN2O6. The minimum Gasteiger partial charge on any atom is -0.852 e. The molecule has 0 radical (unpaired) electrons. The molecule has 2 atom stereocenters. The van der Waals surface area contributed by atoms with E-state index in [-0.39, 0.29) is 84.5 Å². The van der Waals surface area contributed by atoms with Crippen molar-refractivity contribution < 1.29 is 41.3 Å². The average Bonchev–Trinajstić information content (AvgIpc) is 3.34. The van der Waals surface area contributed by atoms with Crippen LogP contribution in [0.3, 0.4) is 0 Å². The molecule has 4 aromatic rings. The van der Waals surface area contributed by atoms with Gasteiger partial charge in [-0.05, 0) is 66.3 Å². The van der Waals surface area contributed by atoms with Gasteiger partial charge in [0.15, 0.2) is 0 Å². The summed E-state index contributed by atoms with van der Waals surface area (Å²) in [6, 6.07) is 7.87. The number of phenolic OH excluding ortho intramolecular Hbond substituents is 1. The van der Waals surface area contributed by atoms with E-state index in [9.17, 15) is 34.4 Å². The first-order chi connectivity index (χ1) is 22.1. The van der Waals surface area contributed by atoms with Crippen LogP contribution in [-0.4, -0.2) is 76.6 Å². The zero-order valence-electron chi connectivity index (χ0n) is 28.7. The fourth-order valence-electron chi connectivity index (χ4n) is 4.96. The summed E-state index contributed by atoms with van der Waals surface area (Å²) in [7, 11) is 0. The molecule has 0 saturated carbocycles. The number of rotatable bonds is 12. The molecule has 0 bridgehead atoms. The number of hydrogen-bond acceptors (Lipinski definition) is 6. The summed E-state index contributed by atoms with van der Waals surface area (Å²) in [6.07, 6.45) is -4.22. The van der Waals surface area contributed by atoms with E-state index in [2.05, 4.69) is 5.32 Å². The number of carboxylic acids is 1. The Kier molecular flexibility index (Phi) is 9.85. The van der Waals surface area contributed by atoms with Crippen molar-refractivity contribution in [2.45, 2.75) is 57.8 Å². The van der Waals surface area contributed by atoms with Gasteiger partial charge in [-0.3, -0.25) is 4.79 Å². The van der Waals surface area contributed by atoms with Gasteiger partial charge in [-0.15, -0.1) is 6.10 Å².